The van der Waals surface area contributed by atoms with Gasteiger partial charge in [-0.2, -0.15) is 0 Å². The summed E-state index contributed by atoms with van der Waals surface area (Å²) in [7, 11) is 0. The number of ether oxygens (including phenoxy) is 1. The number of hydrogen-bond acceptors (Lipinski definition) is 5. The Bertz CT molecular complexity index is 1310. The zero-order valence-corrected chi connectivity index (χ0v) is 21.1. The molecule has 2 aliphatic rings. The van der Waals surface area contributed by atoms with Crippen molar-refractivity contribution in [3.05, 3.63) is 71.3 Å². The summed E-state index contributed by atoms with van der Waals surface area (Å²) in [5.41, 5.74) is 1.88. The molecule has 186 valence electrons. The first-order chi connectivity index (χ1) is 17.5. The van der Waals surface area contributed by atoms with E-state index in [0.717, 1.165) is 51.7 Å². The number of amides is 3. The van der Waals surface area contributed by atoms with Crippen LogP contribution in [0.3, 0.4) is 0 Å². The van der Waals surface area contributed by atoms with Crippen LogP contribution in [0.5, 0.6) is 5.75 Å². The van der Waals surface area contributed by atoms with Gasteiger partial charge in [-0.05, 0) is 54.8 Å². The summed E-state index contributed by atoms with van der Waals surface area (Å²) in [6.45, 7) is 4.47. The van der Waals surface area contributed by atoms with Crippen LogP contribution in [0.4, 0.5) is 4.79 Å². The van der Waals surface area contributed by atoms with Crippen molar-refractivity contribution < 1.29 is 19.1 Å². The summed E-state index contributed by atoms with van der Waals surface area (Å²) in [5, 5.41) is 0.590. The predicted octanol–water partition coefficient (Wildman–Crippen LogP) is 5.02. The fourth-order valence-electron chi connectivity index (χ4n) is 4.62. The largest absolute Gasteiger partial charge is 0.492 e. The van der Waals surface area contributed by atoms with Gasteiger partial charge in [0.05, 0.1) is 11.4 Å². The second kappa shape index (κ2) is 10.6. The van der Waals surface area contributed by atoms with Gasteiger partial charge in [-0.15, -0.1) is 0 Å². The van der Waals surface area contributed by atoms with Gasteiger partial charge >= 0.3 is 0 Å². The molecule has 7 nitrogen and oxygen atoms in total. The molecule has 2 aromatic carbocycles. The average molecular weight is 504 g/mol. The maximum Gasteiger partial charge on any atom is 0.294 e. The molecule has 0 saturated carbocycles. The standard InChI is InChI=1S/C28H29N3O4S/c1-20-11-13-29(14-12-20)26(32)19-31-27(33)25(36-28(31)34)17-21-18-30(24-10-6-5-9-23(21)24)15-16-35-22-7-3-2-4-8-22/h2-10,17-18,20H,11-16,19H2,1H3/b25-17-. The molecule has 2 saturated heterocycles. The van der Waals surface area contributed by atoms with E-state index < -0.39 is 11.1 Å². The lowest BCUT2D eigenvalue weighted by Crippen LogP contribution is -2.45. The molecule has 8 heteroatoms. The minimum Gasteiger partial charge on any atom is -0.492 e. The lowest BCUT2D eigenvalue weighted by atomic mass is 9.99. The van der Waals surface area contributed by atoms with Gasteiger partial charge in [-0.25, -0.2) is 0 Å². The Morgan fingerprint density at radius 1 is 1.06 bits per heavy atom. The normalized spacial score (nSPS) is 18.0. The quantitative estimate of drug-likeness (QED) is 0.424. The Labute approximate surface area is 214 Å². The number of nitrogens with zero attached hydrogens (tertiary/aromatic N) is 3. The number of imide groups is 1. The Balaban J connectivity index is 1.30. The zero-order valence-electron chi connectivity index (χ0n) is 20.3. The third kappa shape index (κ3) is 5.18. The van der Waals surface area contributed by atoms with Gasteiger partial charge in [-0.1, -0.05) is 43.3 Å². The second-order valence-corrected chi connectivity index (χ2v) is 10.3. The van der Waals surface area contributed by atoms with E-state index in [1.54, 1.807) is 11.0 Å². The highest BCUT2D eigenvalue weighted by Crippen LogP contribution is 2.34. The minimum absolute atomic E-state index is 0.166. The Morgan fingerprint density at radius 2 is 1.78 bits per heavy atom. The molecule has 0 radical (unpaired) electrons. The fourth-order valence-corrected chi connectivity index (χ4v) is 5.45. The molecule has 3 heterocycles. The summed E-state index contributed by atoms with van der Waals surface area (Å²) < 4.78 is 7.95. The summed E-state index contributed by atoms with van der Waals surface area (Å²) in [4.78, 5) is 41.6. The molecule has 3 amide bonds. The maximum absolute atomic E-state index is 13.1. The number of hydrogen-bond donors (Lipinski definition) is 0. The highest BCUT2D eigenvalue weighted by molar-refractivity contribution is 8.18. The van der Waals surface area contributed by atoms with E-state index >= 15 is 0 Å². The number of carbonyl (C=O) groups is 3. The number of piperidine rings is 1. The van der Waals surface area contributed by atoms with E-state index in [9.17, 15) is 14.4 Å². The van der Waals surface area contributed by atoms with Gasteiger partial charge in [0.15, 0.2) is 0 Å². The molecular weight excluding hydrogens is 474 g/mol. The number of carbonyl (C=O) groups excluding carboxylic acids is 3. The third-order valence-corrected chi connectivity index (χ3v) is 7.66. The van der Waals surface area contributed by atoms with Crippen molar-refractivity contribution in [2.24, 2.45) is 5.92 Å². The van der Waals surface area contributed by atoms with Crippen LogP contribution in [0.1, 0.15) is 25.3 Å². The van der Waals surface area contributed by atoms with Gasteiger partial charge in [0, 0.05) is 35.8 Å². The van der Waals surface area contributed by atoms with Crippen molar-refractivity contribution >= 4 is 45.8 Å². The monoisotopic (exact) mass is 503 g/mol. The van der Waals surface area contributed by atoms with Crippen LogP contribution in [-0.4, -0.2) is 57.7 Å². The van der Waals surface area contributed by atoms with Crippen LogP contribution >= 0.6 is 11.8 Å². The molecule has 2 aliphatic heterocycles. The summed E-state index contributed by atoms with van der Waals surface area (Å²) >= 11 is 0.892. The molecule has 36 heavy (non-hydrogen) atoms. The number of aromatic nitrogens is 1. The topological polar surface area (TPSA) is 71.8 Å². The highest BCUT2D eigenvalue weighted by atomic mass is 32.2. The van der Waals surface area contributed by atoms with E-state index in [2.05, 4.69) is 11.5 Å². The smallest absolute Gasteiger partial charge is 0.294 e. The van der Waals surface area contributed by atoms with E-state index in [0.29, 0.717) is 37.1 Å². The summed E-state index contributed by atoms with van der Waals surface area (Å²) in [6, 6.07) is 17.6. The van der Waals surface area contributed by atoms with Crippen LogP contribution in [0, 0.1) is 5.92 Å². The minimum atomic E-state index is -0.409. The van der Waals surface area contributed by atoms with Crippen LogP contribution in [-0.2, 0) is 16.1 Å². The second-order valence-electron chi connectivity index (χ2n) is 9.29. The maximum atomic E-state index is 13.1. The molecule has 0 unspecified atom stereocenters. The summed E-state index contributed by atoms with van der Waals surface area (Å²) in [5.74, 6) is 0.839. The van der Waals surface area contributed by atoms with Gasteiger partial charge in [0.25, 0.3) is 11.1 Å². The van der Waals surface area contributed by atoms with Gasteiger partial charge in [0.1, 0.15) is 18.9 Å². The van der Waals surface area contributed by atoms with E-state index in [1.165, 1.54) is 0 Å². The molecule has 5 rings (SSSR count). The first-order valence-electron chi connectivity index (χ1n) is 12.3. The number of para-hydroxylation sites is 2. The number of rotatable bonds is 7. The van der Waals surface area contributed by atoms with Crippen molar-refractivity contribution in [2.75, 3.05) is 26.2 Å². The zero-order chi connectivity index (χ0) is 25.1. The molecule has 2 fully saturated rings. The number of likely N-dealkylation sites (tertiary alicyclic amines) is 1. The van der Waals surface area contributed by atoms with Crippen molar-refractivity contribution in [3.63, 3.8) is 0 Å². The Hall–Kier alpha value is -3.52. The third-order valence-electron chi connectivity index (χ3n) is 6.75. The lowest BCUT2D eigenvalue weighted by Gasteiger charge is -2.31. The van der Waals surface area contributed by atoms with Gasteiger partial charge in [-0.3, -0.25) is 19.3 Å². The molecule has 0 atom stereocenters. The van der Waals surface area contributed by atoms with E-state index in [-0.39, 0.29) is 12.5 Å². The van der Waals surface area contributed by atoms with Gasteiger partial charge in [0.2, 0.25) is 5.91 Å². The van der Waals surface area contributed by atoms with E-state index in [1.807, 2.05) is 60.8 Å². The lowest BCUT2D eigenvalue weighted by molar-refractivity contribution is -0.136. The molecule has 0 spiro atoms. The number of benzene rings is 2. The Kier molecular flexibility index (Phi) is 7.13. The SMILES string of the molecule is CC1CCN(C(=O)CN2C(=O)S/C(=C\c3cn(CCOc4ccccc4)c4ccccc34)C2=O)CC1. The van der Waals surface area contributed by atoms with Crippen LogP contribution in [0.25, 0.3) is 17.0 Å². The predicted molar refractivity (Wildman–Crippen MR) is 142 cm³/mol. The van der Waals surface area contributed by atoms with Crippen LogP contribution in [0.15, 0.2) is 65.7 Å². The Morgan fingerprint density at radius 3 is 2.56 bits per heavy atom. The molecular formula is C28H29N3O4S. The number of thioether (sulfide) groups is 1. The number of fused-ring (bicyclic) bond motifs is 1. The van der Waals surface area contributed by atoms with E-state index in [4.69, 9.17) is 4.74 Å². The first-order valence-corrected chi connectivity index (χ1v) is 13.1. The van der Waals surface area contributed by atoms with Crippen molar-refractivity contribution in [1.82, 2.24) is 14.4 Å². The molecule has 3 aromatic rings. The van der Waals surface area contributed by atoms with Crippen LogP contribution < -0.4 is 4.74 Å². The average Bonchev–Trinajstić information content (AvgIpc) is 3.37. The van der Waals surface area contributed by atoms with Crippen molar-refractivity contribution in [2.45, 2.75) is 26.3 Å². The van der Waals surface area contributed by atoms with Crippen molar-refractivity contribution in [3.8, 4) is 5.75 Å². The van der Waals surface area contributed by atoms with Gasteiger partial charge < -0.3 is 14.2 Å². The molecule has 0 N–H and O–H groups in total. The molecule has 0 bridgehead atoms. The highest BCUT2D eigenvalue weighted by Gasteiger charge is 2.37. The molecule has 1 aromatic heterocycles. The summed E-state index contributed by atoms with van der Waals surface area (Å²) in [6.07, 6.45) is 5.64. The molecule has 0 aliphatic carbocycles. The first kappa shape index (κ1) is 24.2. The van der Waals surface area contributed by atoms with Crippen molar-refractivity contribution in [1.29, 1.82) is 0 Å². The fraction of sp³-hybridized carbons (Fsp3) is 0.321. The van der Waals surface area contributed by atoms with Crippen LogP contribution in [0.2, 0.25) is 0 Å².